The van der Waals surface area contributed by atoms with E-state index in [0.29, 0.717) is 0 Å². The Morgan fingerprint density at radius 3 is 2.93 bits per heavy atom. The van der Waals surface area contributed by atoms with Gasteiger partial charge in [0.05, 0.1) is 6.20 Å². The number of rotatable bonds is 6. The van der Waals surface area contributed by atoms with Gasteiger partial charge >= 0.3 is 0 Å². The SMILES string of the molecule is COCCC(N)CCc1cnn(C)c1. The summed E-state index contributed by atoms with van der Waals surface area (Å²) in [7, 11) is 3.63. The Hall–Kier alpha value is -0.870. The molecule has 0 bridgehead atoms. The van der Waals surface area contributed by atoms with Crippen LogP contribution in [0.3, 0.4) is 0 Å². The summed E-state index contributed by atoms with van der Waals surface area (Å²) in [6.45, 7) is 0.744. The number of nitrogens with zero attached hydrogens (tertiary/aromatic N) is 2. The summed E-state index contributed by atoms with van der Waals surface area (Å²) in [6.07, 6.45) is 6.84. The lowest BCUT2D eigenvalue weighted by Gasteiger charge is -2.09. The topological polar surface area (TPSA) is 53.1 Å². The lowest BCUT2D eigenvalue weighted by atomic mass is 10.1. The van der Waals surface area contributed by atoms with Gasteiger partial charge in [-0.25, -0.2) is 0 Å². The molecule has 14 heavy (non-hydrogen) atoms. The summed E-state index contributed by atoms with van der Waals surface area (Å²) in [4.78, 5) is 0. The fraction of sp³-hybridized carbons (Fsp3) is 0.700. The smallest absolute Gasteiger partial charge is 0.0521 e. The highest BCUT2D eigenvalue weighted by Gasteiger charge is 2.03. The van der Waals surface area contributed by atoms with Gasteiger partial charge in [-0.15, -0.1) is 0 Å². The van der Waals surface area contributed by atoms with E-state index >= 15 is 0 Å². The molecule has 0 fully saturated rings. The van der Waals surface area contributed by atoms with Crippen molar-refractivity contribution >= 4 is 0 Å². The van der Waals surface area contributed by atoms with Gasteiger partial charge in [-0.1, -0.05) is 0 Å². The second-order valence-electron chi connectivity index (χ2n) is 3.60. The van der Waals surface area contributed by atoms with Crippen LogP contribution in [0.15, 0.2) is 12.4 Å². The summed E-state index contributed by atoms with van der Waals surface area (Å²) < 4.78 is 6.79. The van der Waals surface area contributed by atoms with Crippen LogP contribution >= 0.6 is 0 Å². The normalized spacial score (nSPS) is 13.1. The van der Waals surface area contributed by atoms with Crippen LogP contribution < -0.4 is 5.73 Å². The highest BCUT2D eigenvalue weighted by atomic mass is 16.5. The van der Waals surface area contributed by atoms with Crippen molar-refractivity contribution in [1.82, 2.24) is 9.78 Å². The van der Waals surface area contributed by atoms with E-state index in [1.165, 1.54) is 5.56 Å². The van der Waals surface area contributed by atoms with E-state index in [-0.39, 0.29) is 6.04 Å². The number of hydrogen-bond donors (Lipinski definition) is 1. The molecule has 0 saturated carbocycles. The first-order chi connectivity index (χ1) is 6.72. The Morgan fingerprint density at radius 2 is 2.36 bits per heavy atom. The van der Waals surface area contributed by atoms with Gasteiger partial charge in [-0.05, 0) is 24.8 Å². The molecule has 1 aromatic heterocycles. The molecule has 0 saturated heterocycles. The minimum Gasteiger partial charge on any atom is -0.385 e. The van der Waals surface area contributed by atoms with Gasteiger partial charge in [0.25, 0.3) is 0 Å². The number of hydrogen-bond acceptors (Lipinski definition) is 3. The third kappa shape index (κ3) is 3.89. The van der Waals surface area contributed by atoms with Crippen molar-refractivity contribution in [2.24, 2.45) is 12.8 Å². The zero-order valence-electron chi connectivity index (χ0n) is 8.94. The van der Waals surface area contributed by atoms with Gasteiger partial charge in [0.2, 0.25) is 0 Å². The molecule has 0 spiro atoms. The molecule has 0 aliphatic heterocycles. The second kappa shape index (κ2) is 5.78. The van der Waals surface area contributed by atoms with E-state index in [4.69, 9.17) is 10.5 Å². The number of ether oxygens (including phenoxy) is 1. The average Bonchev–Trinajstić information content (AvgIpc) is 2.58. The van der Waals surface area contributed by atoms with Crippen LogP contribution in [0.1, 0.15) is 18.4 Å². The molecule has 0 amide bonds. The number of aromatic nitrogens is 2. The molecule has 0 aromatic carbocycles. The summed E-state index contributed by atoms with van der Waals surface area (Å²) in [5, 5.41) is 4.11. The molecule has 1 atom stereocenters. The van der Waals surface area contributed by atoms with E-state index in [9.17, 15) is 0 Å². The Morgan fingerprint density at radius 1 is 1.57 bits per heavy atom. The summed E-state index contributed by atoms with van der Waals surface area (Å²) >= 11 is 0. The van der Waals surface area contributed by atoms with Crippen molar-refractivity contribution in [3.63, 3.8) is 0 Å². The van der Waals surface area contributed by atoms with Crippen molar-refractivity contribution < 1.29 is 4.74 Å². The monoisotopic (exact) mass is 197 g/mol. The lowest BCUT2D eigenvalue weighted by molar-refractivity contribution is 0.187. The Kier molecular flexibility index (Phi) is 4.62. The molecule has 0 aliphatic rings. The van der Waals surface area contributed by atoms with Crippen LogP contribution in [-0.2, 0) is 18.2 Å². The molecule has 2 N–H and O–H groups in total. The molecule has 80 valence electrons. The van der Waals surface area contributed by atoms with E-state index in [1.807, 2.05) is 24.1 Å². The molecule has 4 nitrogen and oxygen atoms in total. The van der Waals surface area contributed by atoms with E-state index in [1.54, 1.807) is 7.11 Å². The van der Waals surface area contributed by atoms with Crippen LogP contribution in [0.25, 0.3) is 0 Å². The van der Waals surface area contributed by atoms with E-state index < -0.39 is 0 Å². The van der Waals surface area contributed by atoms with Gasteiger partial charge in [-0.2, -0.15) is 5.10 Å². The molecule has 1 heterocycles. The molecule has 1 rings (SSSR count). The fourth-order valence-electron chi connectivity index (χ4n) is 1.37. The minimum absolute atomic E-state index is 0.232. The van der Waals surface area contributed by atoms with Crippen molar-refractivity contribution in [2.75, 3.05) is 13.7 Å². The van der Waals surface area contributed by atoms with Gasteiger partial charge in [0.15, 0.2) is 0 Å². The lowest BCUT2D eigenvalue weighted by Crippen LogP contribution is -2.22. The van der Waals surface area contributed by atoms with Crippen LogP contribution in [0.2, 0.25) is 0 Å². The number of nitrogens with two attached hydrogens (primary N) is 1. The zero-order chi connectivity index (χ0) is 10.4. The Labute approximate surface area is 85.0 Å². The fourth-order valence-corrected chi connectivity index (χ4v) is 1.37. The highest BCUT2D eigenvalue weighted by Crippen LogP contribution is 2.04. The largest absolute Gasteiger partial charge is 0.385 e. The highest BCUT2D eigenvalue weighted by molar-refractivity contribution is 5.03. The first kappa shape index (κ1) is 11.2. The summed E-state index contributed by atoms with van der Waals surface area (Å²) in [5.74, 6) is 0. The molecule has 0 radical (unpaired) electrons. The van der Waals surface area contributed by atoms with Crippen LogP contribution in [0.4, 0.5) is 0 Å². The third-order valence-corrected chi connectivity index (χ3v) is 2.25. The van der Waals surface area contributed by atoms with Gasteiger partial charge in [0.1, 0.15) is 0 Å². The molecular formula is C10H19N3O. The van der Waals surface area contributed by atoms with Crippen LogP contribution in [-0.4, -0.2) is 29.5 Å². The first-order valence-corrected chi connectivity index (χ1v) is 4.94. The molecule has 4 heteroatoms. The van der Waals surface area contributed by atoms with Gasteiger partial charge in [0, 0.05) is 33.0 Å². The van der Waals surface area contributed by atoms with Crippen molar-refractivity contribution in [3.05, 3.63) is 18.0 Å². The summed E-state index contributed by atoms with van der Waals surface area (Å²) in [6, 6.07) is 0.232. The number of methoxy groups -OCH3 is 1. The standard InChI is InChI=1S/C10H19N3O/c1-13-8-9(7-12-13)3-4-10(11)5-6-14-2/h7-8,10H,3-6,11H2,1-2H3. The maximum Gasteiger partial charge on any atom is 0.0521 e. The van der Waals surface area contributed by atoms with Gasteiger partial charge < -0.3 is 10.5 Å². The predicted octanol–water partition coefficient (Wildman–Crippen LogP) is 0.716. The quantitative estimate of drug-likeness (QED) is 0.731. The van der Waals surface area contributed by atoms with Crippen molar-refractivity contribution in [2.45, 2.75) is 25.3 Å². The predicted molar refractivity (Wildman–Crippen MR) is 56.0 cm³/mol. The van der Waals surface area contributed by atoms with Crippen molar-refractivity contribution in [3.8, 4) is 0 Å². The van der Waals surface area contributed by atoms with E-state index in [2.05, 4.69) is 5.10 Å². The maximum atomic E-state index is 5.91. The van der Waals surface area contributed by atoms with E-state index in [0.717, 1.165) is 25.9 Å². The molecule has 1 aromatic rings. The van der Waals surface area contributed by atoms with Gasteiger partial charge in [-0.3, -0.25) is 4.68 Å². The minimum atomic E-state index is 0.232. The van der Waals surface area contributed by atoms with Crippen LogP contribution in [0, 0.1) is 0 Å². The summed E-state index contributed by atoms with van der Waals surface area (Å²) in [5.41, 5.74) is 7.16. The molecular weight excluding hydrogens is 178 g/mol. The van der Waals surface area contributed by atoms with Crippen LogP contribution in [0.5, 0.6) is 0 Å². The third-order valence-electron chi connectivity index (χ3n) is 2.25. The Bertz CT molecular complexity index is 260. The van der Waals surface area contributed by atoms with Crippen molar-refractivity contribution in [1.29, 1.82) is 0 Å². The maximum absolute atomic E-state index is 5.91. The Balaban J connectivity index is 2.20. The average molecular weight is 197 g/mol. The first-order valence-electron chi connectivity index (χ1n) is 4.94. The number of aryl methyl sites for hydroxylation is 2. The zero-order valence-corrected chi connectivity index (χ0v) is 8.94. The molecule has 0 aliphatic carbocycles. The molecule has 1 unspecified atom stereocenters. The second-order valence-corrected chi connectivity index (χ2v) is 3.60.